The van der Waals surface area contributed by atoms with Gasteiger partial charge < -0.3 is 5.73 Å². The lowest BCUT2D eigenvalue weighted by Crippen LogP contribution is -2.04. The third kappa shape index (κ3) is 2.81. The van der Waals surface area contributed by atoms with E-state index >= 15 is 0 Å². The second kappa shape index (κ2) is 5.33. The lowest BCUT2D eigenvalue weighted by molar-refractivity contribution is 0.817. The molecule has 0 aliphatic carbocycles. The largest absolute Gasteiger partial charge is 0.324 e. The molecule has 1 heterocycles. The van der Waals surface area contributed by atoms with Crippen LogP contribution in [0.2, 0.25) is 0 Å². The molecule has 3 aromatic rings. The predicted molar refractivity (Wildman–Crippen MR) is 82.8 cm³/mol. The van der Waals surface area contributed by atoms with Gasteiger partial charge in [-0.25, -0.2) is 4.98 Å². The van der Waals surface area contributed by atoms with Crippen molar-refractivity contribution >= 4 is 33.3 Å². The Bertz CT molecular complexity index is 654. The fraction of sp³-hybridized carbons (Fsp3) is 0.133. The van der Waals surface area contributed by atoms with E-state index in [-0.39, 0.29) is 6.04 Å². The number of nitrogens with two attached hydrogens (primary N) is 1. The fourth-order valence-electron chi connectivity index (χ4n) is 1.83. The second-order valence-electron chi connectivity index (χ2n) is 4.41. The van der Waals surface area contributed by atoms with Crippen molar-refractivity contribution in [2.75, 3.05) is 0 Å². The van der Waals surface area contributed by atoms with Crippen molar-refractivity contribution in [1.29, 1.82) is 0 Å². The zero-order valence-electron chi connectivity index (χ0n) is 10.5. The molecule has 2 aromatic carbocycles. The van der Waals surface area contributed by atoms with Crippen LogP contribution in [-0.4, -0.2) is 4.98 Å². The summed E-state index contributed by atoms with van der Waals surface area (Å²) in [5.41, 5.74) is 8.08. The average molecular weight is 286 g/mol. The first-order valence-corrected chi connectivity index (χ1v) is 7.74. The fourth-order valence-corrected chi connectivity index (χ4v) is 3.87. The van der Waals surface area contributed by atoms with Crippen molar-refractivity contribution in [3.05, 3.63) is 54.1 Å². The Balaban J connectivity index is 1.84. The summed E-state index contributed by atoms with van der Waals surface area (Å²) in [7, 11) is 0. The Morgan fingerprint density at radius 2 is 1.84 bits per heavy atom. The Hall–Kier alpha value is -1.36. The molecular weight excluding hydrogens is 272 g/mol. The molecule has 96 valence electrons. The van der Waals surface area contributed by atoms with Gasteiger partial charge in [0, 0.05) is 10.9 Å². The maximum absolute atomic E-state index is 5.85. The summed E-state index contributed by atoms with van der Waals surface area (Å²) in [6, 6.07) is 16.7. The first-order chi connectivity index (χ1) is 9.22. The van der Waals surface area contributed by atoms with E-state index in [0.29, 0.717) is 0 Å². The maximum Gasteiger partial charge on any atom is 0.155 e. The molecule has 2 nitrogen and oxygen atoms in total. The van der Waals surface area contributed by atoms with E-state index in [4.69, 9.17) is 5.73 Å². The molecule has 0 aliphatic rings. The number of hydrogen-bond donors (Lipinski definition) is 1. The summed E-state index contributed by atoms with van der Waals surface area (Å²) in [5.74, 6) is 0. The van der Waals surface area contributed by atoms with Crippen molar-refractivity contribution in [2.24, 2.45) is 5.73 Å². The maximum atomic E-state index is 5.85. The first-order valence-electron chi connectivity index (χ1n) is 6.11. The van der Waals surface area contributed by atoms with Crippen molar-refractivity contribution < 1.29 is 0 Å². The van der Waals surface area contributed by atoms with Gasteiger partial charge in [-0.15, -0.1) is 11.3 Å². The molecule has 0 radical (unpaired) electrons. The highest BCUT2D eigenvalue weighted by Gasteiger charge is 2.05. The number of aromatic nitrogens is 1. The minimum absolute atomic E-state index is 0.0847. The number of thiazole rings is 1. The summed E-state index contributed by atoms with van der Waals surface area (Å²) in [4.78, 5) is 5.82. The van der Waals surface area contributed by atoms with E-state index in [0.717, 1.165) is 15.4 Å². The van der Waals surface area contributed by atoms with Gasteiger partial charge in [0.1, 0.15) is 0 Å². The average Bonchev–Trinajstić information content (AvgIpc) is 2.81. The van der Waals surface area contributed by atoms with Crippen molar-refractivity contribution in [3.63, 3.8) is 0 Å². The van der Waals surface area contributed by atoms with Gasteiger partial charge in [-0.2, -0.15) is 0 Å². The number of hydrogen-bond acceptors (Lipinski definition) is 4. The standard InChI is InChI=1S/C15H14N2S2/c1-10(16)11-6-8-12(9-7-11)18-15-17-13-4-2-3-5-14(13)19-15/h2-10H,16H2,1H3/t10-/m0/s1. The number of fused-ring (bicyclic) bond motifs is 1. The quantitative estimate of drug-likeness (QED) is 0.772. The van der Waals surface area contributed by atoms with Crippen LogP contribution < -0.4 is 5.73 Å². The van der Waals surface area contributed by atoms with Crippen LogP contribution in [-0.2, 0) is 0 Å². The lowest BCUT2D eigenvalue weighted by Gasteiger charge is -2.05. The van der Waals surface area contributed by atoms with Crippen molar-refractivity contribution in [3.8, 4) is 0 Å². The monoisotopic (exact) mass is 286 g/mol. The van der Waals surface area contributed by atoms with Gasteiger partial charge in [-0.3, -0.25) is 0 Å². The Labute approximate surface area is 120 Å². The molecule has 0 unspecified atom stereocenters. The van der Waals surface area contributed by atoms with Crippen LogP contribution in [0.4, 0.5) is 0 Å². The summed E-state index contributed by atoms with van der Waals surface area (Å²) in [6.07, 6.45) is 0. The zero-order valence-corrected chi connectivity index (χ0v) is 12.2. The smallest absolute Gasteiger partial charge is 0.155 e. The highest BCUT2D eigenvalue weighted by molar-refractivity contribution is 8.01. The summed E-state index contributed by atoms with van der Waals surface area (Å²) >= 11 is 3.43. The predicted octanol–water partition coefficient (Wildman–Crippen LogP) is 4.47. The minimum Gasteiger partial charge on any atom is -0.324 e. The normalized spacial score (nSPS) is 12.7. The topological polar surface area (TPSA) is 38.9 Å². The van der Waals surface area contributed by atoms with E-state index in [9.17, 15) is 0 Å². The van der Waals surface area contributed by atoms with E-state index < -0.39 is 0 Å². The van der Waals surface area contributed by atoms with E-state index in [1.165, 1.54) is 9.60 Å². The lowest BCUT2D eigenvalue weighted by atomic mass is 10.1. The SMILES string of the molecule is C[C@H](N)c1ccc(Sc2nc3ccccc3s2)cc1. The van der Waals surface area contributed by atoms with E-state index in [1.54, 1.807) is 23.1 Å². The minimum atomic E-state index is 0.0847. The molecule has 1 atom stereocenters. The molecule has 4 heteroatoms. The number of para-hydroxylation sites is 1. The molecule has 0 spiro atoms. The highest BCUT2D eigenvalue weighted by Crippen LogP contribution is 2.34. The van der Waals surface area contributed by atoms with Crippen molar-refractivity contribution in [1.82, 2.24) is 4.98 Å². The molecule has 0 saturated heterocycles. The van der Waals surface area contributed by atoms with Gasteiger partial charge >= 0.3 is 0 Å². The Kier molecular flexibility index (Phi) is 3.55. The highest BCUT2D eigenvalue weighted by atomic mass is 32.2. The molecule has 2 N–H and O–H groups in total. The summed E-state index contributed by atoms with van der Waals surface area (Å²) in [5, 5.41) is 0. The van der Waals surface area contributed by atoms with Gasteiger partial charge in [0.15, 0.2) is 4.34 Å². The Morgan fingerprint density at radius 3 is 2.53 bits per heavy atom. The number of benzene rings is 2. The van der Waals surface area contributed by atoms with E-state index in [1.807, 2.05) is 19.1 Å². The molecule has 0 saturated carbocycles. The van der Waals surface area contributed by atoms with Crippen LogP contribution in [0.25, 0.3) is 10.2 Å². The molecule has 0 amide bonds. The van der Waals surface area contributed by atoms with Crippen LogP contribution in [0.3, 0.4) is 0 Å². The van der Waals surface area contributed by atoms with Crippen molar-refractivity contribution in [2.45, 2.75) is 22.2 Å². The van der Waals surface area contributed by atoms with Crippen LogP contribution in [0.1, 0.15) is 18.5 Å². The van der Waals surface area contributed by atoms with Gasteiger partial charge in [0.05, 0.1) is 10.2 Å². The van der Waals surface area contributed by atoms with Gasteiger partial charge in [-0.1, -0.05) is 36.0 Å². The Morgan fingerprint density at radius 1 is 1.11 bits per heavy atom. The first kappa shape index (κ1) is 12.7. The second-order valence-corrected chi connectivity index (χ2v) is 6.76. The number of nitrogens with zero attached hydrogens (tertiary/aromatic N) is 1. The van der Waals surface area contributed by atoms with Crippen LogP contribution in [0.15, 0.2) is 57.8 Å². The van der Waals surface area contributed by atoms with Gasteiger partial charge in [0.25, 0.3) is 0 Å². The molecule has 0 fully saturated rings. The third-order valence-corrected chi connectivity index (χ3v) is 4.99. The summed E-state index contributed by atoms with van der Waals surface area (Å²) < 4.78 is 2.31. The molecular formula is C15H14N2S2. The molecule has 1 aromatic heterocycles. The van der Waals surface area contributed by atoms with Crippen LogP contribution in [0, 0.1) is 0 Å². The molecule has 0 bridgehead atoms. The molecule has 3 rings (SSSR count). The van der Waals surface area contributed by atoms with E-state index in [2.05, 4.69) is 41.4 Å². The zero-order chi connectivity index (χ0) is 13.2. The number of rotatable bonds is 3. The third-order valence-electron chi connectivity index (χ3n) is 2.89. The van der Waals surface area contributed by atoms with Gasteiger partial charge in [-0.05, 0) is 36.8 Å². The van der Waals surface area contributed by atoms with Crippen LogP contribution in [0.5, 0.6) is 0 Å². The molecule has 19 heavy (non-hydrogen) atoms. The molecule has 0 aliphatic heterocycles. The van der Waals surface area contributed by atoms with Crippen LogP contribution >= 0.6 is 23.1 Å². The summed E-state index contributed by atoms with van der Waals surface area (Å²) in [6.45, 7) is 2.00. The van der Waals surface area contributed by atoms with Gasteiger partial charge in [0.2, 0.25) is 0 Å².